The van der Waals surface area contributed by atoms with Crippen molar-refractivity contribution >= 4 is 11.9 Å². The number of hydrogen-bond donors (Lipinski definition) is 1. The van der Waals surface area contributed by atoms with Crippen molar-refractivity contribution in [2.24, 2.45) is 5.73 Å². The fourth-order valence-corrected chi connectivity index (χ4v) is 2.79. The predicted octanol–water partition coefficient (Wildman–Crippen LogP) is 2.58. The molecule has 0 aliphatic heterocycles. The van der Waals surface area contributed by atoms with Crippen LogP contribution >= 0.6 is 0 Å². The number of nitrogens with zero attached hydrogens (tertiary/aromatic N) is 1. The number of rotatable bonds is 10. The van der Waals surface area contributed by atoms with Crippen LogP contribution in [0.25, 0.3) is 0 Å². The number of methoxy groups -OCH3 is 1. The average Bonchev–Trinajstić information content (AvgIpc) is 2.72. The Morgan fingerprint density at radius 2 is 1.67 bits per heavy atom. The molecule has 2 aromatic carbocycles. The van der Waals surface area contributed by atoms with E-state index in [4.69, 9.17) is 15.3 Å². The molecule has 0 spiro atoms. The maximum absolute atomic E-state index is 12.4. The summed E-state index contributed by atoms with van der Waals surface area (Å²) < 4.78 is 4.92. The van der Waals surface area contributed by atoms with Crippen LogP contribution in [0.1, 0.15) is 28.8 Å². The topological polar surface area (TPSA) is 81.9 Å². The lowest BCUT2D eigenvalue weighted by Gasteiger charge is -2.27. The van der Waals surface area contributed by atoms with Crippen molar-refractivity contribution in [2.45, 2.75) is 25.3 Å². The van der Waals surface area contributed by atoms with E-state index in [1.165, 1.54) is 17.7 Å². The minimum Gasteiger partial charge on any atom is -0.468 e. The minimum absolute atomic E-state index is 0.240. The van der Waals surface area contributed by atoms with Gasteiger partial charge in [0.1, 0.15) is 6.04 Å². The van der Waals surface area contributed by atoms with Crippen LogP contribution in [0.15, 0.2) is 60.7 Å². The van der Waals surface area contributed by atoms with E-state index in [2.05, 4.69) is 0 Å². The third kappa shape index (κ3) is 6.51. The van der Waals surface area contributed by atoms with Gasteiger partial charge < -0.3 is 15.3 Å². The first-order valence-corrected chi connectivity index (χ1v) is 9.01. The Bertz CT molecular complexity index is 707. The van der Waals surface area contributed by atoms with Gasteiger partial charge in [0.25, 0.3) is 0 Å². The molecule has 0 amide bonds. The molecular weight excluding hydrogens is 344 g/mol. The number of nitrogens with two attached hydrogens (primary N) is 1. The van der Waals surface area contributed by atoms with Gasteiger partial charge >= 0.3 is 11.9 Å². The first-order chi connectivity index (χ1) is 13.2. The predicted molar refractivity (Wildman–Crippen MR) is 103 cm³/mol. The summed E-state index contributed by atoms with van der Waals surface area (Å²) in [6.07, 6.45) is 2.05. The van der Waals surface area contributed by atoms with Crippen LogP contribution in [-0.2, 0) is 20.8 Å². The van der Waals surface area contributed by atoms with Gasteiger partial charge in [-0.1, -0.05) is 48.5 Å². The molecular formula is C21H26N2O4. The van der Waals surface area contributed by atoms with E-state index >= 15 is 0 Å². The largest absolute Gasteiger partial charge is 0.468 e. The van der Waals surface area contributed by atoms with E-state index in [0.717, 1.165) is 12.8 Å². The number of hydrogen-bond acceptors (Lipinski definition) is 6. The summed E-state index contributed by atoms with van der Waals surface area (Å²) in [5, 5.41) is 1.34. The molecule has 0 aliphatic rings. The SMILES string of the molecule is COC(=O)C(CCCc1ccccc1)N(CCN)OC(=O)c1ccccc1. The fourth-order valence-electron chi connectivity index (χ4n) is 2.79. The Labute approximate surface area is 159 Å². The average molecular weight is 370 g/mol. The van der Waals surface area contributed by atoms with Crippen molar-refractivity contribution in [3.8, 4) is 0 Å². The Balaban J connectivity index is 2.04. The second-order valence-corrected chi connectivity index (χ2v) is 6.09. The maximum atomic E-state index is 12.4. The lowest BCUT2D eigenvalue weighted by atomic mass is 10.0. The van der Waals surface area contributed by atoms with Crippen LogP contribution in [0.4, 0.5) is 0 Å². The number of esters is 1. The summed E-state index contributed by atoms with van der Waals surface area (Å²) in [7, 11) is 1.33. The van der Waals surface area contributed by atoms with Gasteiger partial charge in [-0.3, -0.25) is 4.79 Å². The molecule has 0 fully saturated rings. The quantitative estimate of drug-likeness (QED) is 0.511. The Hall–Kier alpha value is -2.70. The van der Waals surface area contributed by atoms with Crippen LogP contribution in [0.3, 0.4) is 0 Å². The molecule has 0 heterocycles. The van der Waals surface area contributed by atoms with Crippen molar-refractivity contribution in [2.75, 3.05) is 20.2 Å². The number of aryl methyl sites for hydroxylation is 1. The van der Waals surface area contributed by atoms with Crippen LogP contribution in [0, 0.1) is 0 Å². The van der Waals surface area contributed by atoms with E-state index in [0.29, 0.717) is 12.0 Å². The van der Waals surface area contributed by atoms with Crippen molar-refractivity contribution < 1.29 is 19.2 Å². The molecule has 0 aromatic heterocycles. The highest BCUT2D eigenvalue weighted by atomic mass is 16.7. The summed E-state index contributed by atoms with van der Waals surface area (Å²) in [6, 6.07) is 17.9. The molecule has 1 unspecified atom stereocenters. The molecule has 0 aliphatic carbocycles. The van der Waals surface area contributed by atoms with E-state index in [1.54, 1.807) is 24.3 Å². The van der Waals surface area contributed by atoms with Crippen molar-refractivity contribution in [3.63, 3.8) is 0 Å². The Morgan fingerprint density at radius 3 is 2.26 bits per heavy atom. The molecule has 0 saturated heterocycles. The fraction of sp³-hybridized carbons (Fsp3) is 0.333. The zero-order valence-corrected chi connectivity index (χ0v) is 15.5. The van der Waals surface area contributed by atoms with E-state index in [9.17, 15) is 9.59 Å². The smallest absolute Gasteiger partial charge is 0.357 e. The molecule has 1 atom stereocenters. The van der Waals surface area contributed by atoms with Gasteiger partial charge in [-0.15, -0.1) is 5.06 Å². The summed E-state index contributed by atoms with van der Waals surface area (Å²) in [5.41, 5.74) is 7.26. The molecule has 0 radical (unpaired) electrons. The second-order valence-electron chi connectivity index (χ2n) is 6.09. The van der Waals surface area contributed by atoms with Gasteiger partial charge in [-0.05, 0) is 37.0 Å². The molecule has 6 nitrogen and oxygen atoms in total. The number of ether oxygens (including phenoxy) is 1. The van der Waals surface area contributed by atoms with Gasteiger partial charge in [-0.25, -0.2) is 4.79 Å². The highest BCUT2D eigenvalue weighted by Gasteiger charge is 2.29. The van der Waals surface area contributed by atoms with Crippen molar-refractivity contribution in [1.29, 1.82) is 0 Å². The zero-order valence-electron chi connectivity index (χ0n) is 15.5. The number of carbonyl (C=O) groups is 2. The van der Waals surface area contributed by atoms with Crippen molar-refractivity contribution in [3.05, 3.63) is 71.8 Å². The van der Waals surface area contributed by atoms with Gasteiger partial charge in [0, 0.05) is 13.1 Å². The van der Waals surface area contributed by atoms with Gasteiger partial charge in [0.15, 0.2) is 0 Å². The standard InChI is InChI=1S/C21H26N2O4/c1-26-21(25)19(14-8-11-17-9-4-2-5-10-17)23(16-15-22)27-20(24)18-12-6-3-7-13-18/h2-7,9-10,12-13,19H,8,11,14-16,22H2,1H3. The first kappa shape index (κ1) is 20.6. The molecule has 0 bridgehead atoms. The number of hydroxylamine groups is 2. The van der Waals surface area contributed by atoms with Crippen LogP contribution < -0.4 is 5.73 Å². The molecule has 2 aromatic rings. The lowest BCUT2D eigenvalue weighted by Crippen LogP contribution is -2.45. The summed E-state index contributed by atoms with van der Waals surface area (Å²) >= 11 is 0. The van der Waals surface area contributed by atoms with Crippen LogP contribution in [0.2, 0.25) is 0 Å². The Morgan fingerprint density at radius 1 is 1.04 bits per heavy atom. The summed E-state index contributed by atoms with van der Waals surface area (Å²) in [5.74, 6) is -0.974. The van der Waals surface area contributed by atoms with Gasteiger partial charge in [0.2, 0.25) is 0 Å². The van der Waals surface area contributed by atoms with Crippen LogP contribution in [-0.4, -0.2) is 43.2 Å². The maximum Gasteiger partial charge on any atom is 0.357 e. The number of carbonyl (C=O) groups excluding carboxylic acids is 2. The third-order valence-electron chi connectivity index (χ3n) is 4.17. The van der Waals surface area contributed by atoms with E-state index in [-0.39, 0.29) is 13.1 Å². The van der Waals surface area contributed by atoms with E-state index < -0.39 is 18.0 Å². The second kappa shape index (κ2) is 11.1. The van der Waals surface area contributed by atoms with Crippen molar-refractivity contribution in [1.82, 2.24) is 5.06 Å². The summed E-state index contributed by atoms with van der Waals surface area (Å²) in [6.45, 7) is 0.484. The first-order valence-electron chi connectivity index (χ1n) is 9.01. The molecule has 0 saturated carbocycles. The third-order valence-corrected chi connectivity index (χ3v) is 4.17. The molecule has 27 heavy (non-hydrogen) atoms. The van der Waals surface area contributed by atoms with E-state index in [1.807, 2.05) is 36.4 Å². The highest BCUT2D eigenvalue weighted by molar-refractivity contribution is 5.89. The molecule has 2 N–H and O–H groups in total. The zero-order chi connectivity index (χ0) is 19.5. The van der Waals surface area contributed by atoms with Gasteiger partial charge in [0.05, 0.1) is 12.7 Å². The molecule has 2 rings (SSSR count). The molecule has 144 valence electrons. The lowest BCUT2D eigenvalue weighted by molar-refractivity contribution is -0.174. The minimum atomic E-state index is -0.699. The molecule has 6 heteroatoms. The van der Waals surface area contributed by atoms with Gasteiger partial charge in [-0.2, -0.15) is 0 Å². The van der Waals surface area contributed by atoms with Crippen LogP contribution in [0.5, 0.6) is 0 Å². The summed E-state index contributed by atoms with van der Waals surface area (Å²) in [4.78, 5) is 30.2. The highest BCUT2D eigenvalue weighted by Crippen LogP contribution is 2.15. The Kier molecular flexibility index (Phi) is 8.48. The number of benzene rings is 2. The monoisotopic (exact) mass is 370 g/mol. The normalized spacial score (nSPS) is 11.8.